The lowest BCUT2D eigenvalue weighted by molar-refractivity contribution is 0.324. The van der Waals surface area contributed by atoms with Crippen LogP contribution in [0.25, 0.3) is 21.9 Å². The maximum atomic E-state index is 5.45. The molecule has 146 valence electrons. The number of rotatable bonds is 5. The zero-order valence-electron chi connectivity index (χ0n) is 16.0. The van der Waals surface area contributed by atoms with Gasteiger partial charge in [-0.15, -0.1) is 12.4 Å². The normalized spacial score (nSPS) is 10.6. The van der Waals surface area contributed by atoms with E-state index in [1.54, 1.807) is 27.7 Å². The smallest absolute Gasteiger partial charge is 0.203 e. The van der Waals surface area contributed by atoms with Crippen molar-refractivity contribution >= 4 is 45.7 Å². The summed E-state index contributed by atoms with van der Waals surface area (Å²) >= 11 is 0. The number of methoxy groups -OCH3 is 3. The molecule has 0 saturated carbocycles. The molecule has 7 nitrogen and oxygen atoms in total. The van der Waals surface area contributed by atoms with Gasteiger partial charge in [-0.2, -0.15) is 0 Å². The SMILES string of the molecule is COc1cc(Nc2cc(C)nc3ccc4nc[nH]c4c23)cc(OC)c1OC.Cl. The number of anilines is 2. The molecule has 0 amide bonds. The highest BCUT2D eigenvalue weighted by Crippen LogP contribution is 2.41. The maximum absolute atomic E-state index is 5.45. The van der Waals surface area contributed by atoms with Crippen molar-refractivity contribution in [2.75, 3.05) is 26.6 Å². The summed E-state index contributed by atoms with van der Waals surface area (Å²) < 4.78 is 16.3. The predicted octanol–water partition coefficient (Wildman–Crippen LogP) is 4.61. The van der Waals surface area contributed by atoms with Crippen molar-refractivity contribution in [2.24, 2.45) is 0 Å². The van der Waals surface area contributed by atoms with Gasteiger partial charge in [-0.05, 0) is 25.1 Å². The molecule has 0 fully saturated rings. The van der Waals surface area contributed by atoms with E-state index in [-0.39, 0.29) is 12.4 Å². The van der Waals surface area contributed by atoms with E-state index in [1.165, 1.54) is 0 Å². The summed E-state index contributed by atoms with van der Waals surface area (Å²) in [4.78, 5) is 12.2. The lowest BCUT2D eigenvalue weighted by Gasteiger charge is -2.16. The molecule has 0 bridgehead atoms. The highest BCUT2D eigenvalue weighted by molar-refractivity contribution is 6.10. The standard InChI is InChI=1S/C20H20N4O3.ClH/c1-11-7-15(18-13(23-11)5-6-14-19(18)22-10-21-14)24-12-8-16(25-2)20(27-4)17(9-12)26-3;/h5-10H,1-4H3,(H,21,22)(H,23,24);1H. The molecule has 2 N–H and O–H groups in total. The van der Waals surface area contributed by atoms with E-state index < -0.39 is 0 Å². The van der Waals surface area contributed by atoms with E-state index in [1.807, 2.05) is 37.3 Å². The van der Waals surface area contributed by atoms with Gasteiger partial charge >= 0.3 is 0 Å². The van der Waals surface area contributed by atoms with Crippen LogP contribution in [0.1, 0.15) is 5.69 Å². The number of ether oxygens (including phenoxy) is 3. The minimum atomic E-state index is 0. The third-order valence-electron chi connectivity index (χ3n) is 4.44. The van der Waals surface area contributed by atoms with Crippen LogP contribution in [0.4, 0.5) is 11.4 Å². The number of aromatic amines is 1. The predicted molar refractivity (Wildman–Crippen MR) is 113 cm³/mol. The average Bonchev–Trinajstić information content (AvgIpc) is 3.15. The van der Waals surface area contributed by atoms with Crippen LogP contribution >= 0.6 is 12.4 Å². The number of aromatic nitrogens is 3. The molecule has 0 spiro atoms. The number of hydrogen-bond donors (Lipinski definition) is 2. The van der Waals surface area contributed by atoms with Gasteiger partial charge in [-0.1, -0.05) is 0 Å². The van der Waals surface area contributed by atoms with E-state index in [0.29, 0.717) is 17.2 Å². The van der Waals surface area contributed by atoms with Crippen molar-refractivity contribution in [3.05, 3.63) is 42.4 Å². The Morgan fingerprint density at radius 1 is 0.929 bits per heavy atom. The molecule has 0 radical (unpaired) electrons. The van der Waals surface area contributed by atoms with Crippen LogP contribution in [0.3, 0.4) is 0 Å². The Labute approximate surface area is 168 Å². The monoisotopic (exact) mass is 400 g/mol. The summed E-state index contributed by atoms with van der Waals surface area (Å²) in [5.74, 6) is 1.72. The largest absolute Gasteiger partial charge is 0.493 e. The molecule has 4 aromatic rings. The quantitative estimate of drug-likeness (QED) is 0.509. The molecule has 0 aliphatic carbocycles. The van der Waals surface area contributed by atoms with E-state index in [4.69, 9.17) is 14.2 Å². The lowest BCUT2D eigenvalue weighted by atomic mass is 10.1. The third kappa shape index (κ3) is 3.25. The van der Waals surface area contributed by atoms with E-state index in [0.717, 1.165) is 39.0 Å². The van der Waals surface area contributed by atoms with Crippen LogP contribution in [0.15, 0.2) is 36.7 Å². The second-order valence-corrected chi connectivity index (χ2v) is 6.11. The molecular formula is C20H21ClN4O3. The Morgan fingerprint density at radius 2 is 1.61 bits per heavy atom. The summed E-state index contributed by atoms with van der Waals surface area (Å²) in [5, 5.41) is 4.44. The molecule has 8 heteroatoms. The molecule has 28 heavy (non-hydrogen) atoms. The number of hydrogen-bond acceptors (Lipinski definition) is 6. The molecule has 2 aromatic heterocycles. The van der Waals surface area contributed by atoms with Gasteiger partial charge in [0.05, 0.1) is 49.9 Å². The number of benzene rings is 2. The van der Waals surface area contributed by atoms with Gasteiger partial charge in [0.1, 0.15) is 0 Å². The minimum Gasteiger partial charge on any atom is -0.493 e. The summed E-state index contributed by atoms with van der Waals surface area (Å²) in [7, 11) is 4.78. The highest BCUT2D eigenvalue weighted by atomic mass is 35.5. The Morgan fingerprint density at radius 3 is 2.25 bits per heavy atom. The maximum Gasteiger partial charge on any atom is 0.203 e. The Balaban J connectivity index is 0.00000225. The fourth-order valence-corrected chi connectivity index (χ4v) is 3.28. The summed E-state index contributed by atoms with van der Waals surface area (Å²) in [5.41, 5.74) is 5.36. The van der Waals surface area contributed by atoms with Crippen LogP contribution in [0.5, 0.6) is 17.2 Å². The topological polar surface area (TPSA) is 81.3 Å². The van der Waals surface area contributed by atoms with Gasteiger partial charge in [0.15, 0.2) is 11.5 Å². The van der Waals surface area contributed by atoms with Crippen molar-refractivity contribution < 1.29 is 14.2 Å². The molecule has 0 aliphatic rings. The molecule has 2 heterocycles. The first-order valence-electron chi connectivity index (χ1n) is 8.45. The van der Waals surface area contributed by atoms with Gasteiger partial charge in [-0.3, -0.25) is 4.98 Å². The second-order valence-electron chi connectivity index (χ2n) is 6.11. The lowest BCUT2D eigenvalue weighted by Crippen LogP contribution is -1.99. The Kier molecular flexibility index (Phi) is 5.46. The van der Waals surface area contributed by atoms with E-state index in [2.05, 4.69) is 20.3 Å². The number of H-pyrrole nitrogens is 1. The Hall–Kier alpha value is -3.19. The van der Waals surface area contributed by atoms with Gasteiger partial charge in [-0.25, -0.2) is 4.98 Å². The van der Waals surface area contributed by atoms with Crippen molar-refractivity contribution in [1.29, 1.82) is 0 Å². The third-order valence-corrected chi connectivity index (χ3v) is 4.44. The van der Waals surface area contributed by atoms with Crippen LogP contribution in [-0.2, 0) is 0 Å². The molecule has 0 aliphatic heterocycles. The van der Waals surface area contributed by atoms with Crippen molar-refractivity contribution in [1.82, 2.24) is 15.0 Å². The van der Waals surface area contributed by atoms with Crippen LogP contribution in [-0.4, -0.2) is 36.3 Å². The summed E-state index contributed by atoms with van der Waals surface area (Å²) in [6, 6.07) is 9.69. The zero-order chi connectivity index (χ0) is 19.0. The number of halogens is 1. The number of imidazole rings is 1. The van der Waals surface area contributed by atoms with Crippen LogP contribution < -0.4 is 19.5 Å². The average molecular weight is 401 g/mol. The van der Waals surface area contributed by atoms with Crippen molar-refractivity contribution in [3.8, 4) is 17.2 Å². The molecule has 0 atom stereocenters. The second kappa shape index (κ2) is 7.82. The number of nitrogens with one attached hydrogen (secondary N) is 2. The van der Waals surface area contributed by atoms with Crippen molar-refractivity contribution in [2.45, 2.75) is 6.92 Å². The highest BCUT2D eigenvalue weighted by Gasteiger charge is 2.15. The summed E-state index contributed by atoms with van der Waals surface area (Å²) in [6.07, 6.45) is 1.69. The number of pyridine rings is 1. The van der Waals surface area contributed by atoms with Crippen LogP contribution in [0, 0.1) is 6.92 Å². The van der Waals surface area contributed by atoms with Gasteiger partial charge in [0.2, 0.25) is 5.75 Å². The van der Waals surface area contributed by atoms with Crippen molar-refractivity contribution in [3.63, 3.8) is 0 Å². The first-order chi connectivity index (χ1) is 13.1. The minimum absolute atomic E-state index is 0. The fraction of sp³-hybridized carbons (Fsp3) is 0.200. The molecule has 0 saturated heterocycles. The molecule has 0 unspecified atom stereocenters. The Bertz CT molecular complexity index is 1120. The zero-order valence-corrected chi connectivity index (χ0v) is 16.8. The van der Waals surface area contributed by atoms with Gasteiger partial charge in [0, 0.05) is 28.9 Å². The van der Waals surface area contributed by atoms with E-state index >= 15 is 0 Å². The first-order valence-corrected chi connectivity index (χ1v) is 8.45. The molecule has 2 aromatic carbocycles. The summed E-state index contributed by atoms with van der Waals surface area (Å²) in [6.45, 7) is 1.97. The fourth-order valence-electron chi connectivity index (χ4n) is 3.28. The first kappa shape index (κ1) is 19.6. The number of aryl methyl sites for hydroxylation is 1. The van der Waals surface area contributed by atoms with Gasteiger partial charge in [0.25, 0.3) is 0 Å². The molecule has 4 rings (SSSR count). The number of nitrogens with zero attached hydrogens (tertiary/aromatic N) is 2. The van der Waals surface area contributed by atoms with Crippen LogP contribution in [0.2, 0.25) is 0 Å². The molecular weight excluding hydrogens is 380 g/mol. The van der Waals surface area contributed by atoms with Gasteiger partial charge < -0.3 is 24.5 Å². The van der Waals surface area contributed by atoms with E-state index in [9.17, 15) is 0 Å². The number of fused-ring (bicyclic) bond motifs is 3.